The lowest BCUT2D eigenvalue weighted by atomic mass is 9.99. The van der Waals surface area contributed by atoms with E-state index in [2.05, 4.69) is 11.8 Å². The summed E-state index contributed by atoms with van der Waals surface area (Å²) in [5.41, 5.74) is 2.28. The number of rotatable bonds is 1. The van der Waals surface area contributed by atoms with Crippen LogP contribution in [0.25, 0.3) is 21.9 Å². The van der Waals surface area contributed by atoms with Crippen LogP contribution < -0.4 is 0 Å². The lowest BCUT2D eigenvalue weighted by molar-refractivity contribution is 0.517. The monoisotopic (exact) mass is 390 g/mol. The minimum atomic E-state index is -0.927. The van der Waals surface area contributed by atoms with Crippen molar-refractivity contribution in [2.24, 2.45) is 0 Å². The van der Waals surface area contributed by atoms with E-state index in [0.717, 1.165) is 11.6 Å². The van der Waals surface area contributed by atoms with E-state index in [1.54, 1.807) is 37.3 Å². The summed E-state index contributed by atoms with van der Waals surface area (Å²) in [5, 5.41) is 0.608. The van der Waals surface area contributed by atoms with Gasteiger partial charge < -0.3 is 0 Å². The SMILES string of the molecule is Cc1ccc(C#Cc2ccc(-c3ccc4c(F)c(F)ccc4c3)c(F)c2)c(F)c1. The van der Waals surface area contributed by atoms with E-state index < -0.39 is 23.3 Å². The Morgan fingerprint density at radius 2 is 1.48 bits per heavy atom. The molecule has 0 N–H and O–H groups in total. The Labute approximate surface area is 165 Å². The third-order valence-electron chi connectivity index (χ3n) is 4.65. The maximum Gasteiger partial charge on any atom is 0.166 e. The van der Waals surface area contributed by atoms with Crippen LogP contribution in [-0.4, -0.2) is 0 Å². The second-order valence-electron chi connectivity index (χ2n) is 6.73. The molecule has 0 atom stereocenters. The number of aryl methyl sites for hydroxylation is 1. The van der Waals surface area contributed by atoms with Gasteiger partial charge in [0.1, 0.15) is 11.6 Å². The molecule has 29 heavy (non-hydrogen) atoms. The minimum absolute atomic E-state index is 0.136. The Morgan fingerprint density at radius 1 is 0.655 bits per heavy atom. The molecule has 4 heteroatoms. The molecule has 0 heterocycles. The van der Waals surface area contributed by atoms with Crippen LogP contribution in [0.1, 0.15) is 16.7 Å². The van der Waals surface area contributed by atoms with Gasteiger partial charge in [0.05, 0.1) is 5.56 Å². The molecule has 0 aliphatic carbocycles. The molecule has 0 aliphatic rings. The maximum atomic E-state index is 14.7. The van der Waals surface area contributed by atoms with Gasteiger partial charge in [0, 0.05) is 16.5 Å². The van der Waals surface area contributed by atoms with Gasteiger partial charge in [0.15, 0.2) is 11.6 Å². The molecule has 0 saturated heterocycles. The standard InChI is InChI=1S/C25H14F4/c1-15-2-5-17(23(27)12-15)6-3-16-4-9-20(24(28)13-16)18-7-10-21-19(14-18)8-11-22(26)25(21)29/h2,4-5,7-14H,1H3. The van der Waals surface area contributed by atoms with Gasteiger partial charge in [-0.25, -0.2) is 17.6 Å². The Bertz CT molecular complexity index is 1310. The minimum Gasteiger partial charge on any atom is -0.206 e. The number of hydrogen-bond donors (Lipinski definition) is 0. The van der Waals surface area contributed by atoms with Gasteiger partial charge in [-0.2, -0.15) is 0 Å². The van der Waals surface area contributed by atoms with Crippen molar-refractivity contribution in [2.45, 2.75) is 6.92 Å². The van der Waals surface area contributed by atoms with Crippen molar-refractivity contribution in [2.75, 3.05) is 0 Å². The van der Waals surface area contributed by atoms with Gasteiger partial charge in [-0.3, -0.25) is 0 Å². The van der Waals surface area contributed by atoms with Gasteiger partial charge in [0.25, 0.3) is 0 Å². The first-order chi connectivity index (χ1) is 13.9. The van der Waals surface area contributed by atoms with Crippen LogP contribution in [0.5, 0.6) is 0 Å². The average molecular weight is 390 g/mol. The van der Waals surface area contributed by atoms with E-state index >= 15 is 0 Å². The summed E-state index contributed by atoms with van der Waals surface area (Å²) in [6.45, 7) is 1.78. The summed E-state index contributed by atoms with van der Waals surface area (Å²) in [5.74, 6) is 2.69. The van der Waals surface area contributed by atoms with Crippen molar-refractivity contribution >= 4 is 10.8 Å². The Kier molecular flexibility index (Phi) is 4.82. The summed E-state index contributed by atoms with van der Waals surface area (Å²) in [6.07, 6.45) is 0. The normalized spacial score (nSPS) is 10.7. The maximum absolute atomic E-state index is 14.7. The molecule has 0 unspecified atom stereocenters. The van der Waals surface area contributed by atoms with Crippen molar-refractivity contribution in [3.8, 4) is 23.0 Å². The van der Waals surface area contributed by atoms with Crippen molar-refractivity contribution in [3.63, 3.8) is 0 Å². The molecule has 0 radical (unpaired) electrons. The van der Waals surface area contributed by atoms with Crippen LogP contribution in [0.3, 0.4) is 0 Å². The highest BCUT2D eigenvalue weighted by molar-refractivity contribution is 5.88. The number of halogens is 4. The van der Waals surface area contributed by atoms with Crippen LogP contribution in [-0.2, 0) is 0 Å². The van der Waals surface area contributed by atoms with Crippen LogP contribution >= 0.6 is 0 Å². The van der Waals surface area contributed by atoms with Crippen molar-refractivity contribution < 1.29 is 17.6 Å². The quantitative estimate of drug-likeness (QED) is 0.248. The molecule has 0 nitrogen and oxygen atoms in total. The van der Waals surface area contributed by atoms with Gasteiger partial charge in [-0.1, -0.05) is 42.2 Å². The van der Waals surface area contributed by atoms with E-state index in [0.29, 0.717) is 22.1 Å². The Hall–Kier alpha value is -3.58. The van der Waals surface area contributed by atoms with Crippen LogP contribution in [0.4, 0.5) is 17.6 Å². The highest BCUT2D eigenvalue weighted by atomic mass is 19.2. The van der Waals surface area contributed by atoms with Crippen molar-refractivity contribution in [3.05, 3.63) is 107 Å². The molecule has 4 aromatic carbocycles. The molecule has 0 aromatic heterocycles. The molecule has 0 saturated carbocycles. The Balaban J connectivity index is 1.68. The fourth-order valence-corrected chi connectivity index (χ4v) is 3.12. The third kappa shape index (κ3) is 3.72. The topological polar surface area (TPSA) is 0 Å². The second kappa shape index (κ2) is 7.44. The summed E-state index contributed by atoms with van der Waals surface area (Å²) in [7, 11) is 0. The summed E-state index contributed by atoms with van der Waals surface area (Å²) in [6, 6.07) is 16.2. The zero-order valence-electron chi connectivity index (χ0n) is 15.4. The molecule has 0 aliphatic heterocycles. The third-order valence-corrected chi connectivity index (χ3v) is 4.65. The number of hydrogen-bond acceptors (Lipinski definition) is 0. The lowest BCUT2D eigenvalue weighted by Crippen LogP contribution is -1.90. The summed E-state index contributed by atoms with van der Waals surface area (Å²) in [4.78, 5) is 0. The fraction of sp³-hybridized carbons (Fsp3) is 0.0400. The molecule has 4 aromatic rings. The molecule has 4 rings (SSSR count). The van der Waals surface area contributed by atoms with Crippen molar-refractivity contribution in [1.29, 1.82) is 0 Å². The molecule has 0 fully saturated rings. The van der Waals surface area contributed by atoms with Crippen molar-refractivity contribution in [1.82, 2.24) is 0 Å². The summed E-state index contributed by atoms with van der Waals surface area (Å²) < 4.78 is 55.7. The van der Waals surface area contributed by atoms with Gasteiger partial charge in [0.2, 0.25) is 0 Å². The van der Waals surface area contributed by atoms with E-state index in [1.807, 2.05) is 0 Å². The molecule has 142 valence electrons. The number of fused-ring (bicyclic) bond motifs is 1. The van der Waals surface area contributed by atoms with Gasteiger partial charge in [-0.05, 0) is 59.8 Å². The van der Waals surface area contributed by atoms with Gasteiger partial charge >= 0.3 is 0 Å². The van der Waals surface area contributed by atoms with E-state index in [4.69, 9.17) is 0 Å². The molecule has 0 spiro atoms. The molecule has 0 bridgehead atoms. The van der Waals surface area contributed by atoms with E-state index in [1.165, 1.54) is 30.3 Å². The summed E-state index contributed by atoms with van der Waals surface area (Å²) >= 11 is 0. The predicted octanol–water partition coefficient (Wildman–Crippen LogP) is 6.77. The van der Waals surface area contributed by atoms with E-state index in [9.17, 15) is 17.6 Å². The first kappa shape index (κ1) is 18.8. The van der Waals surface area contributed by atoms with E-state index in [-0.39, 0.29) is 10.9 Å². The first-order valence-electron chi connectivity index (χ1n) is 8.88. The smallest absolute Gasteiger partial charge is 0.166 e. The molecule has 0 amide bonds. The zero-order valence-corrected chi connectivity index (χ0v) is 15.4. The van der Waals surface area contributed by atoms with Crippen LogP contribution in [0, 0.1) is 42.0 Å². The number of benzene rings is 4. The average Bonchev–Trinajstić information content (AvgIpc) is 2.70. The molecular formula is C25H14F4. The first-order valence-corrected chi connectivity index (χ1v) is 8.88. The predicted molar refractivity (Wildman–Crippen MR) is 106 cm³/mol. The second-order valence-corrected chi connectivity index (χ2v) is 6.73. The Morgan fingerprint density at radius 3 is 2.24 bits per heavy atom. The largest absolute Gasteiger partial charge is 0.206 e. The highest BCUT2D eigenvalue weighted by Gasteiger charge is 2.10. The van der Waals surface area contributed by atoms with Crippen LogP contribution in [0.15, 0.2) is 66.7 Å². The molecular weight excluding hydrogens is 376 g/mol. The lowest BCUT2D eigenvalue weighted by Gasteiger charge is -2.07. The fourth-order valence-electron chi connectivity index (χ4n) is 3.12. The van der Waals surface area contributed by atoms with Crippen LogP contribution in [0.2, 0.25) is 0 Å². The van der Waals surface area contributed by atoms with Gasteiger partial charge in [-0.15, -0.1) is 0 Å². The zero-order chi connectivity index (χ0) is 20.5. The highest BCUT2D eigenvalue weighted by Crippen LogP contribution is 2.29.